The second-order valence-electron chi connectivity index (χ2n) is 3.42. The first-order valence-corrected chi connectivity index (χ1v) is 5.42. The molecule has 6 heteroatoms. The Morgan fingerprint density at radius 3 is 2.94 bits per heavy atom. The molecule has 1 aromatic heterocycles. The van der Waals surface area contributed by atoms with Gasteiger partial charge in [0.15, 0.2) is 0 Å². The van der Waals surface area contributed by atoms with Crippen LogP contribution in [0.3, 0.4) is 0 Å². The molecule has 0 fully saturated rings. The number of aromatic nitrogens is 1. The minimum Gasteiger partial charge on any atom is -0.397 e. The largest absolute Gasteiger partial charge is 0.397 e. The lowest BCUT2D eigenvalue weighted by atomic mass is 10.3. The van der Waals surface area contributed by atoms with Gasteiger partial charge in [-0.2, -0.15) is 0 Å². The minimum atomic E-state index is -0.229. The summed E-state index contributed by atoms with van der Waals surface area (Å²) in [5.41, 5.74) is 6.33. The van der Waals surface area contributed by atoms with Crippen molar-refractivity contribution in [1.82, 2.24) is 10.3 Å². The van der Waals surface area contributed by atoms with Crippen molar-refractivity contribution >= 4 is 11.6 Å². The quantitative estimate of drug-likeness (QED) is 0.572. The number of anilines is 1. The number of nitrogen functional groups attached to an aromatic ring is 1. The van der Waals surface area contributed by atoms with Crippen molar-refractivity contribution in [3.05, 3.63) is 24.0 Å². The summed E-state index contributed by atoms with van der Waals surface area (Å²) in [6.45, 7) is 1.36. The van der Waals surface area contributed by atoms with Crippen LogP contribution >= 0.6 is 0 Å². The van der Waals surface area contributed by atoms with Crippen LogP contribution in [0.15, 0.2) is 18.3 Å². The molecule has 94 valence electrons. The summed E-state index contributed by atoms with van der Waals surface area (Å²) >= 11 is 0. The lowest BCUT2D eigenvalue weighted by molar-refractivity contribution is 0.0865. The number of aliphatic hydroxyl groups is 1. The second kappa shape index (κ2) is 7.59. The Morgan fingerprint density at radius 1 is 1.47 bits per heavy atom. The molecule has 0 atom stereocenters. The lowest BCUT2D eigenvalue weighted by Crippen LogP contribution is -2.26. The number of hydrogen-bond donors (Lipinski definition) is 3. The van der Waals surface area contributed by atoms with Gasteiger partial charge in [0.1, 0.15) is 5.69 Å². The maximum atomic E-state index is 11.5. The molecule has 0 radical (unpaired) electrons. The molecule has 1 heterocycles. The number of hydrogen-bond acceptors (Lipinski definition) is 5. The Bertz CT molecular complexity index is 340. The van der Waals surface area contributed by atoms with E-state index in [-0.39, 0.29) is 12.5 Å². The highest BCUT2D eigenvalue weighted by Gasteiger charge is 2.05. The van der Waals surface area contributed by atoms with Crippen molar-refractivity contribution in [2.75, 3.05) is 32.1 Å². The van der Waals surface area contributed by atoms with Gasteiger partial charge < -0.3 is 20.9 Å². The number of ether oxygens (including phenoxy) is 1. The van der Waals surface area contributed by atoms with E-state index in [0.29, 0.717) is 37.6 Å². The monoisotopic (exact) mass is 239 g/mol. The van der Waals surface area contributed by atoms with Gasteiger partial charge in [-0.15, -0.1) is 0 Å². The van der Waals surface area contributed by atoms with Gasteiger partial charge in [-0.05, 0) is 18.6 Å². The molecule has 0 aromatic carbocycles. The Kier molecular flexibility index (Phi) is 5.98. The van der Waals surface area contributed by atoms with Gasteiger partial charge in [-0.3, -0.25) is 4.79 Å². The summed E-state index contributed by atoms with van der Waals surface area (Å²) in [5.74, 6) is -0.229. The Morgan fingerprint density at radius 2 is 2.29 bits per heavy atom. The van der Waals surface area contributed by atoms with E-state index < -0.39 is 0 Å². The fourth-order valence-corrected chi connectivity index (χ4v) is 1.17. The number of pyridine rings is 1. The van der Waals surface area contributed by atoms with Crippen LogP contribution in [0.25, 0.3) is 0 Å². The van der Waals surface area contributed by atoms with E-state index in [1.54, 1.807) is 12.1 Å². The molecule has 0 aliphatic heterocycles. The molecule has 17 heavy (non-hydrogen) atoms. The van der Waals surface area contributed by atoms with E-state index >= 15 is 0 Å². The van der Waals surface area contributed by atoms with E-state index in [4.69, 9.17) is 15.6 Å². The van der Waals surface area contributed by atoms with Gasteiger partial charge in [0.05, 0.1) is 25.1 Å². The summed E-state index contributed by atoms with van der Waals surface area (Å²) < 4.78 is 5.05. The van der Waals surface area contributed by atoms with E-state index in [1.807, 2.05) is 0 Å². The normalized spacial score (nSPS) is 10.2. The molecule has 0 bridgehead atoms. The third-order valence-corrected chi connectivity index (χ3v) is 2.01. The van der Waals surface area contributed by atoms with Crippen LogP contribution in [0.5, 0.6) is 0 Å². The predicted molar refractivity (Wildman–Crippen MR) is 63.5 cm³/mol. The zero-order valence-corrected chi connectivity index (χ0v) is 9.56. The number of nitrogens with two attached hydrogens (primary N) is 1. The molecule has 0 saturated carbocycles. The van der Waals surface area contributed by atoms with Crippen LogP contribution in [-0.4, -0.2) is 42.4 Å². The summed E-state index contributed by atoms with van der Waals surface area (Å²) in [7, 11) is 0. The van der Waals surface area contributed by atoms with Crippen LogP contribution in [0.1, 0.15) is 16.9 Å². The first-order chi connectivity index (χ1) is 8.24. The number of amides is 1. The topological polar surface area (TPSA) is 97.5 Å². The first kappa shape index (κ1) is 13.4. The third kappa shape index (κ3) is 5.28. The van der Waals surface area contributed by atoms with Crippen molar-refractivity contribution in [2.24, 2.45) is 0 Å². The van der Waals surface area contributed by atoms with E-state index in [2.05, 4.69) is 10.3 Å². The number of carbonyl (C=O) groups excluding carboxylic acids is 1. The highest BCUT2D eigenvalue weighted by molar-refractivity contribution is 5.92. The zero-order valence-electron chi connectivity index (χ0n) is 9.56. The summed E-state index contributed by atoms with van der Waals surface area (Å²) in [6.07, 6.45) is 2.14. The number of aliphatic hydroxyl groups excluding tert-OH is 1. The van der Waals surface area contributed by atoms with Gasteiger partial charge in [-0.25, -0.2) is 4.98 Å². The molecular formula is C11H17N3O3. The molecule has 0 unspecified atom stereocenters. The Hall–Kier alpha value is -1.66. The van der Waals surface area contributed by atoms with Gasteiger partial charge >= 0.3 is 0 Å². The maximum Gasteiger partial charge on any atom is 0.269 e. The predicted octanol–water partition coefficient (Wildman–Crippen LogP) is -0.207. The molecular weight excluding hydrogens is 222 g/mol. The third-order valence-electron chi connectivity index (χ3n) is 2.01. The van der Waals surface area contributed by atoms with Gasteiger partial charge in [0.25, 0.3) is 5.91 Å². The second-order valence-corrected chi connectivity index (χ2v) is 3.42. The fraction of sp³-hybridized carbons (Fsp3) is 0.455. The fourth-order valence-electron chi connectivity index (χ4n) is 1.17. The average Bonchev–Trinajstić information content (AvgIpc) is 2.34. The highest BCUT2D eigenvalue weighted by Crippen LogP contribution is 2.00. The van der Waals surface area contributed by atoms with Crippen molar-refractivity contribution in [3.63, 3.8) is 0 Å². The van der Waals surface area contributed by atoms with Crippen molar-refractivity contribution in [3.8, 4) is 0 Å². The first-order valence-electron chi connectivity index (χ1n) is 5.42. The van der Waals surface area contributed by atoms with Crippen molar-refractivity contribution in [1.29, 1.82) is 0 Å². The Labute approximate surface area is 99.8 Å². The van der Waals surface area contributed by atoms with Crippen LogP contribution in [0.2, 0.25) is 0 Å². The van der Waals surface area contributed by atoms with Crippen molar-refractivity contribution < 1.29 is 14.6 Å². The van der Waals surface area contributed by atoms with Crippen LogP contribution in [0, 0.1) is 0 Å². The van der Waals surface area contributed by atoms with Crippen LogP contribution < -0.4 is 11.1 Å². The molecule has 6 nitrogen and oxygen atoms in total. The van der Waals surface area contributed by atoms with E-state index in [9.17, 15) is 4.79 Å². The van der Waals surface area contributed by atoms with E-state index in [0.717, 1.165) is 0 Å². The summed E-state index contributed by atoms with van der Waals surface area (Å²) in [4.78, 5) is 15.5. The lowest BCUT2D eigenvalue weighted by Gasteiger charge is -2.05. The molecule has 0 spiro atoms. The van der Waals surface area contributed by atoms with Gasteiger partial charge in [0.2, 0.25) is 0 Å². The molecule has 1 aromatic rings. The summed E-state index contributed by atoms with van der Waals surface area (Å²) in [6, 6.07) is 3.21. The van der Waals surface area contributed by atoms with Crippen molar-refractivity contribution in [2.45, 2.75) is 6.42 Å². The molecule has 0 aliphatic carbocycles. The number of nitrogens with one attached hydrogen (secondary N) is 1. The molecule has 1 amide bonds. The number of carbonyl (C=O) groups is 1. The van der Waals surface area contributed by atoms with Gasteiger partial charge in [0, 0.05) is 13.2 Å². The molecule has 0 saturated heterocycles. The molecule has 0 aliphatic rings. The highest BCUT2D eigenvalue weighted by atomic mass is 16.5. The Balaban J connectivity index is 2.19. The number of nitrogens with zero attached hydrogens (tertiary/aromatic N) is 1. The average molecular weight is 239 g/mol. The molecule has 1 rings (SSSR count). The smallest absolute Gasteiger partial charge is 0.269 e. The van der Waals surface area contributed by atoms with Gasteiger partial charge in [-0.1, -0.05) is 0 Å². The number of rotatable bonds is 7. The zero-order chi connectivity index (χ0) is 12.5. The summed E-state index contributed by atoms with van der Waals surface area (Å²) in [5, 5.41) is 11.2. The SMILES string of the molecule is Nc1ccc(C(=O)NCCCOCCO)nc1. The standard InChI is InChI=1S/C11H17N3O3/c12-9-2-3-10(14-8-9)11(16)13-4-1-6-17-7-5-15/h2-3,8,15H,1,4-7,12H2,(H,13,16). The van der Waals surface area contributed by atoms with E-state index in [1.165, 1.54) is 6.20 Å². The van der Waals surface area contributed by atoms with Crippen LogP contribution in [-0.2, 0) is 4.74 Å². The van der Waals surface area contributed by atoms with Crippen LogP contribution in [0.4, 0.5) is 5.69 Å². The molecule has 4 N–H and O–H groups in total. The minimum absolute atomic E-state index is 0.0156. The maximum absolute atomic E-state index is 11.5.